The highest BCUT2D eigenvalue weighted by atomic mass is 35.5. The summed E-state index contributed by atoms with van der Waals surface area (Å²) in [6.07, 6.45) is 9.19. The van der Waals surface area contributed by atoms with Gasteiger partial charge in [0.05, 0.1) is 6.10 Å². The second kappa shape index (κ2) is 7.62. The maximum atomic E-state index is 6.33. The molecule has 21 heavy (non-hydrogen) atoms. The molecule has 0 spiro atoms. The van der Waals surface area contributed by atoms with Gasteiger partial charge in [-0.05, 0) is 69.0 Å². The van der Waals surface area contributed by atoms with Gasteiger partial charge < -0.3 is 10.1 Å². The number of rotatable bonds is 8. The summed E-state index contributed by atoms with van der Waals surface area (Å²) >= 11 is 6.33. The molecule has 0 bridgehead atoms. The molecule has 1 aliphatic carbocycles. The number of hydrogen-bond donors (Lipinski definition) is 1. The molecule has 1 aromatic carbocycles. The van der Waals surface area contributed by atoms with Crippen molar-refractivity contribution in [2.45, 2.75) is 57.1 Å². The Morgan fingerprint density at radius 1 is 1.24 bits per heavy atom. The summed E-state index contributed by atoms with van der Waals surface area (Å²) < 4.78 is 5.77. The van der Waals surface area contributed by atoms with Gasteiger partial charge in [-0.2, -0.15) is 0 Å². The smallest absolute Gasteiger partial charge is 0.0576 e. The molecule has 1 saturated carbocycles. The van der Waals surface area contributed by atoms with Crippen LogP contribution in [0, 0.1) is 5.92 Å². The largest absolute Gasteiger partial charge is 0.378 e. The van der Waals surface area contributed by atoms with Crippen LogP contribution in [0.25, 0.3) is 0 Å². The second-order valence-electron chi connectivity index (χ2n) is 6.56. The van der Waals surface area contributed by atoms with Crippen molar-refractivity contribution >= 4 is 11.6 Å². The quantitative estimate of drug-likeness (QED) is 0.777. The van der Waals surface area contributed by atoms with Crippen LogP contribution in [0.4, 0.5) is 0 Å². The lowest BCUT2D eigenvalue weighted by atomic mass is 9.92. The highest BCUT2D eigenvalue weighted by Gasteiger charge is 2.23. The van der Waals surface area contributed by atoms with Crippen LogP contribution in [0.1, 0.15) is 44.1 Å². The lowest BCUT2D eigenvalue weighted by molar-refractivity contribution is 0.0979. The molecule has 1 saturated heterocycles. The van der Waals surface area contributed by atoms with Gasteiger partial charge in [0.15, 0.2) is 0 Å². The molecule has 2 nitrogen and oxygen atoms in total. The number of hydrogen-bond acceptors (Lipinski definition) is 2. The van der Waals surface area contributed by atoms with Crippen LogP contribution in [0.2, 0.25) is 5.02 Å². The molecule has 3 rings (SSSR count). The van der Waals surface area contributed by atoms with Gasteiger partial charge in [-0.25, -0.2) is 0 Å². The summed E-state index contributed by atoms with van der Waals surface area (Å²) in [4.78, 5) is 0. The maximum Gasteiger partial charge on any atom is 0.0576 e. The Labute approximate surface area is 133 Å². The number of halogens is 1. The van der Waals surface area contributed by atoms with Crippen LogP contribution in [0.15, 0.2) is 24.3 Å². The monoisotopic (exact) mass is 307 g/mol. The van der Waals surface area contributed by atoms with Crippen molar-refractivity contribution in [1.82, 2.24) is 5.32 Å². The maximum absolute atomic E-state index is 6.33. The molecular formula is C18H26ClNO. The summed E-state index contributed by atoms with van der Waals surface area (Å²) in [5.41, 5.74) is 1.29. The van der Waals surface area contributed by atoms with Gasteiger partial charge in [-0.1, -0.05) is 29.8 Å². The second-order valence-corrected chi connectivity index (χ2v) is 6.96. The Kier molecular flexibility index (Phi) is 5.56. The molecule has 1 aromatic rings. The molecule has 1 aliphatic heterocycles. The third kappa shape index (κ3) is 4.98. The Morgan fingerprint density at radius 2 is 2.10 bits per heavy atom. The van der Waals surface area contributed by atoms with Crippen LogP contribution in [0.5, 0.6) is 0 Å². The van der Waals surface area contributed by atoms with Gasteiger partial charge in [0.25, 0.3) is 0 Å². The zero-order chi connectivity index (χ0) is 14.5. The van der Waals surface area contributed by atoms with E-state index in [1.54, 1.807) is 0 Å². The topological polar surface area (TPSA) is 21.3 Å². The van der Waals surface area contributed by atoms with Crippen molar-refractivity contribution in [3.63, 3.8) is 0 Å². The molecule has 2 unspecified atom stereocenters. The summed E-state index contributed by atoms with van der Waals surface area (Å²) in [5, 5.41) is 4.60. The first-order valence-electron chi connectivity index (χ1n) is 8.39. The van der Waals surface area contributed by atoms with Crippen molar-refractivity contribution in [2.24, 2.45) is 5.92 Å². The van der Waals surface area contributed by atoms with Crippen molar-refractivity contribution in [2.75, 3.05) is 13.2 Å². The highest BCUT2D eigenvalue weighted by molar-refractivity contribution is 6.31. The Bertz CT molecular complexity index is 441. The first kappa shape index (κ1) is 15.3. The average Bonchev–Trinajstić information content (AvgIpc) is 3.18. The minimum Gasteiger partial charge on any atom is -0.378 e. The van der Waals surface area contributed by atoms with E-state index in [2.05, 4.69) is 17.4 Å². The summed E-state index contributed by atoms with van der Waals surface area (Å²) in [6.45, 7) is 2.07. The third-order valence-electron chi connectivity index (χ3n) is 4.66. The molecular weight excluding hydrogens is 282 g/mol. The summed E-state index contributed by atoms with van der Waals surface area (Å²) in [7, 11) is 0. The zero-order valence-electron chi connectivity index (χ0n) is 12.7. The Balaban J connectivity index is 1.53. The van der Waals surface area contributed by atoms with E-state index in [1.807, 2.05) is 12.1 Å². The molecule has 1 heterocycles. The van der Waals surface area contributed by atoms with E-state index >= 15 is 0 Å². The fraction of sp³-hybridized carbons (Fsp3) is 0.667. The van der Waals surface area contributed by atoms with Gasteiger partial charge in [-0.15, -0.1) is 0 Å². The van der Waals surface area contributed by atoms with Crippen LogP contribution >= 0.6 is 11.6 Å². The summed E-state index contributed by atoms with van der Waals surface area (Å²) in [5.74, 6) is 0.662. The van der Waals surface area contributed by atoms with E-state index in [0.29, 0.717) is 12.0 Å². The third-order valence-corrected chi connectivity index (χ3v) is 5.03. The van der Waals surface area contributed by atoms with Gasteiger partial charge in [-0.3, -0.25) is 0 Å². The first-order chi connectivity index (χ1) is 10.3. The predicted octanol–water partition coefficient (Wildman–Crippen LogP) is 4.21. The highest BCUT2D eigenvalue weighted by Crippen LogP contribution is 2.25. The first-order valence-corrected chi connectivity index (χ1v) is 8.77. The molecule has 1 N–H and O–H groups in total. The predicted molar refractivity (Wildman–Crippen MR) is 87.9 cm³/mol. The van der Waals surface area contributed by atoms with E-state index < -0.39 is 0 Å². The van der Waals surface area contributed by atoms with E-state index in [0.717, 1.165) is 30.6 Å². The van der Waals surface area contributed by atoms with Crippen molar-refractivity contribution in [3.05, 3.63) is 34.9 Å². The van der Waals surface area contributed by atoms with Gasteiger partial charge in [0.1, 0.15) is 0 Å². The molecule has 2 atom stereocenters. The van der Waals surface area contributed by atoms with E-state index in [-0.39, 0.29) is 0 Å². The number of ether oxygens (including phenoxy) is 1. The molecule has 116 valence electrons. The van der Waals surface area contributed by atoms with Gasteiger partial charge in [0, 0.05) is 17.7 Å². The van der Waals surface area contributed by atoms with Gasteiger partial charge in [0.2, 0.25) is 0 Å². The van der Waals surface area contributed by atoms with Crippen LogP contribution < -0.4 is 5.32 Å². The Hall–Kier alpha value is -0.570. The Morgan fingerprint density at radius 3 is 2.81 bits per heavy atom. The van der Waals surface area contributed by atoms with Crippen molar-refractivity contribution in [3.8, 4) is 0 Å². The number of nitrogens with one attached hydrogen (secondary N) is 1. The molecule has 0 aromatic heterocycles. The fourth-order valence-corrected chi connectivity index (χ4v) is 3.38. The SMILES string of the molecule is Clc1ccccc1CC(CCC1CCCO1)CNC1CC1. The lowest BCUT2D eigenvalue weighted by Crippen LogP contribution is -2.27. The standard InChI is InChI=1S/C18H26ClNO/c19-18-6-2-1-4-15(18)12-14(13-20-16-8-9-16)7-10-17-5-3-11-21-17/h1-2,4,6,14,16-17,20H,3,5,7-13H2. The minimum atomic E-state index is 0.500. The zero-order valence-corrected chi connectivity index (χ0v) is 13.4. The van der Waals surface area contributed by atoms with E-state index in [9.17, 15) is 0 Å². The molecule has 2 fully saturated rings. The number of benzene rings is 1. The minimum absolute atomic E-state index is 0.500. The molecule has 2 aliphatic rings. The van der Waals surface area contributed by atoms with E-state index in [1.165, 1.54) is 44.1 Å². The summed E-state index contributed by atoms with van der Waals surface area (Å²) in [6, 6.07) is 9.05. The normalized spacial score (nSPS) is 23.4. The fourth-order valence-electron chi connectivity index (χ4n) is 3.17. The molecule has 3 heteroatoms. The van der Waals surface area contributed by atoms with Crippen molar-refractivity contribution < 1.29 is 4.74 Å². The molecule has 0 radical (unpaired) electrons. The lowest BCUT2D eigenvalue weighted by Gasteiger charge is -2.20. The van der Waals surface area contributed by atoms with E-state index in [4.69, 9.17) is 16.3 Å². The average molecular weight is 308 g/mol. The van der Waals surface area contributed by atoms with Crippen LogP contribution in [0.3, 0.4) is 0 Å². The molecule has 0 amide bonds. The van der Waals surface area contributed by atoms with Crippen molar-refractivity contribution in [1.29, 1.82) is 0 Å². The van der Waals surface area contributed by atoms with Crippen LogP contribution in [-0.2, 0) is 11.2 Å². The van der Waals surface area contributed by atoms with Gasteiger partial charge >= 0.3 is 0 Å². The van der Waals surface area contributed by atoms with Crippen LogP contribution in [-0.4, -0.2) is 25.3 Å².